The largest absolute Gasteiger partial charge is 0.268 e. The number of sulfonamides is 1. The van der Waals surface area contributed by atoms with Crippen molar-refractivity contribution in [3.63, 3.8) is 0 Å². The Bertz CT molecular complexity index is 677. The SMILES string of the molecule is CCc1cn[nH]c1NS(=O)(=O)c1c(F)cccc1F. The molecule has 2 rings (SSSR count). The van der Waals surface area contributed by atoms with Crippen LogP contribution in [0.4, 0.5) is 14.6 Å². The Morgan fingerprint density at radius 2 is 1.95 bits per heavy atom. The molecule has 0 unspecified atom stereocenters. The van der Waals surface area contributed by atoms with Crippen LogP contribution >= 0.6 is 0 Å². The van der Waals surface area contributed by atoms with Crippen LogP contribution in [0.25, 0.3) is 0 Å². The summed E-state index contributed by atoms with van der Waals surface area (Å²) in [5.74, 6) is -2.19. The predicted molar refractivity (Wildman–Crippen MR) is 65.1 cm³/mol. The van der Waals surface area contributed by atoms with Gasteiger partial charge in [0.25, 0.3) is 10.0 Å². The van der Waals surface area contributed by atoms with Gasteiger partial charge in [-0.1, -0.05) is 13.0 Å². The van der Waals surface area contributed by atoms with E-state index in [1.54, 1.807) is 6.92 Å². The van der Waals surface area contributed by atoms with Crippen molar-refractivity contribution >= 4 is 15.8 Å². The van der Waals surface area contributed by atoms with E-state index in [0.717, 1.165) is 18.2 Å². The van der Waals surface area contributed by atoms with Gasteiger partial charge >= 0.3 is 0 Å². The molecule has 0 bridgehead atoms. The Morgan fingerprint density at radius 3 is 2.53 bits per heavy atom. The van der Waals surface area contributed by atoms with E-state index in [1.165, 1.54) is 6.20 Å². The summed E-state index contributed by atoms with van der Waals surface area (Å²) >= 11 is 0. The molecule has 8 heteroatoms. The maximum absolute atomic E-state index is 13.5. The number of rotatable bonds is 4. The van der Waals surface area contributed by atoms with Gasteiger partial charge in [-0.25, -0.2) is 17.2 Å². The fourth-order valence-electron chi connectivity index (χ4n) is 1.59. The highest BCUT2D eigenvalue weighted by molar-refractivity contribution is 7.92. The van der Waals surface area contributed by atoms with Crippen molar-refractivity contribution in [2.75, 3.05) is 4.72 Å². The van der Waals surface area contributed by atoms with Gasteiger partial charge in [-0.2, -0.15) is 5.10 Å². The van der Waals surface area contributed by atoms with Crippen LogP contribution in [0.1, 0.15) is 12.5 Å². The quantitative estimate of drug-likeness (QED) is 0.903. The highest BCUT2D eigenvalue weighted by Gasteiger charge is 2.25. The summed E-state index contributed by atoms with van der Waals surface area (Å²) in [5, 5.41) is 6.11. The van der Waals surface area contributed by atoms with E-state index < -0.39 is 26.6 Å². The number of halogens is 2. The fraction of sp³-hybridized carbons (Fsp3) is 0.182. The Hall–Kier alpha value is -1.96. The lowest BCUT2D eigenvalue weighted by atomic mass is 10.3. The maximum atomic E-state index is 13.5. The number of nitrogens with zero attached hydrogens (tertiary/aromatic N) is 1. The first kappa shape index (κ1) is 13.5. The molecule has 0 amide bonds. The molecule has 2 N–H and O–H groups in total. The van der Waals surface area contributed by atoms with Crippen LogP contribution in [0.5, 0.6) is 0 Å². The average Bonchev–Trinajstić information content (AvgIpc) is 2.74. The van der Waals surface area contributed by atoms with Crippen molar-refractivity contribution in [1.82, 2.24) is 10.2 Å². The third-order valence-electron chi connectivity index (χ3n) is 2.52. The van der Waals surface area contributed by atoms with E-state index in [2.05, 4.69) is 14.9 Å². The van der Waals surface area contributed by atoms with Gasteiger partial charge in [-0.15, -0.1) is 0 Å². The number of aromatic amines is 1. The monoisotopic (exact) mass is 287 g/mol. The molecule has 1 heterocycles. The Kier molecular flexibility index (Phi) is 3.52. The average molecular weight is 287 g/mol. The lowest BCUT2D eigenvalue weighted by Gasteiger charge is -2.09. The summed E-state index contributed by atoms with van der Waals surface area (Å²) in [6.45, 7) is 1.80. The van der Waals surface area contributed by atoms with Crippen LogP contribution in [0.3, 0.4) is 0 Å². The van der Waals surface area contributed by atoms with Crippen LogP contribution < -0.4 is 4.72 Å². The molecule has 1 aromatic heterocycles. The van der Waals surface area contributed by atoms with Gasteiger partial charge in [-0.05, 0) is 18.6 Å². The molecule has 0 spiro atoms. The van der Waals surface area contributed by atoms with Crippen LogP contribution in [0.2, 0.25) is 0 Å². The maximum Gasteiger partial charge on any atom is 0.268 e. The lowest BCUT2D eigenvalue weighted by Crippen LogP contribution is -2.17. The van der Waals surface area contributed by atoms with E-state index in [9.17, 15) is 17.2 Å². The third kappa shape index (κ3) is 2.58. The number of hydrogen-bond acceptors (Lipinski definition) is 3. The molecule has 2 aromatic rings. The zero-order valence-electron chi connectivity index (χ0n) is 9.94. The molecule has 102 valence electrons. The van der Waals surface area contributed by atoms with Crippen molar-refractivity contribution in [2.45, 2.75) is 18.2 Å². The van der Waals surface area contributed by atoms with Gasteiger partial charge in [0.1, 0.15) is 17.5 Å². The number of benzene rings is 1. The van der Waals surface area contributed by atoms with E-state index >= 15 is 0 Å². The molecule has 0 radical (unpaired) electrons. The first-order chi connectivity index (χ1) is 8.95. The molecule has 0 fully saturated rings. The van der Waals surface area contributed by atoms with Gasteiger partial charge in [0.2, 0.25) is 0 Å². The summed E-state index contributed by atoms with van der Waals surface area (Å²) in [6.07, 6.45) is 1.96. The number of nitrogens with one attached hydrogen (secondary N) is 2. The van der Waals surface area contributed by atoms with Gasteiger partial charge in [-0.3, -0.25) is 9.82 Å². The molecular formula is C11H11F2N3O2S. The van der Waals surface area contributed by atoms with E-state index in [0.29, 0.717) is 12.0 Å². The summed E-state index contributed by atoms with van der Waals surface area (Å²) < 4.78 is 53.0. The molecule has 0 saturated carbocycles. The molecule has 0 aliphatic heterocycles. The van der Waals surface area contributed by atoms with E-state index in [4.69, 9.17) is 0 Å². The van der Waals surface area contributed by atoms with Crippen LogP contribution in [0, 0.1) is 11.6 Å². The van der Waals surface area contributed by atoms with Crippen LogP contribution in [-0.4, -0.2) is 18.6 Å². The summed E-state index contributed by atoms with van der Waals surface area (Å²) in [4.78, 5) is -1.01. The smallest absolute Gasteiger partial charge is 0.263 e. The molecule has 1 aromatic carbocycles. The lowest BCUT2D eigenvalue weighted by molar-refractivity contribution is 0.521. The summed E-state index contributed by atoms with van der Waals surface area (Å²) in [5.41, 5.74) is 0.598. The Labute approximate surface area is 108 Å². The second-order valence-corrected chi connectivity index (χ2v) is 5.40. The number of hydrogen-bond donors (Lipinski definition) is 2. The van der Waals surface area contributed by atoms with E-state index in [-0.39, 0.29) is 5.82 Å². The summed E-state index contributed by atoms with van der Waals surface area (Å²) in [6, 6.07) is 2.86. The van der Waals surface area contributed by atoms with Crippen molar-refractivity contribution in [1.29, 1.82) is 0 Å². The molecule has 5 nitrogen and oxygen atoms in total. The minimum atomic E-state index is -4.35. The topological polar surface area (TPSA) is 74.8 Å². The van der Waals surface area contributed by atoms with Gasteiger partial charge in [0.15, 0.2) is 4.90 Å². The molecule has 19 heavy (non-hydrogen) atoms. The van der Waals surface area contributed by atoms with Gasteiger partial charge in [0.05, 0.1) is 6.20 Å². The second kappa shape index (κ2) is 4.96. The highest BCUT2D eigenvalue weighted by Crippen LogP contribution is 2.22. The van der Waals surface area contributed by atoms with Crippen LogP contribution in [-0.2, 0) is 16.4 Å². The number of aryl methyl sites for hydroxylation is 1. The van der Waals surface area contributed by atoms with E-state index in [1.807, 2.05) is 0 Å². The van der Waals surface area contributed by atoms with Crippen molar-refractivity contribution in [3.05, 3.63) is 41.6 Å². The van der Waals surface area contributed by atoms with Crippen molar-refractivity contribution < 1.29 is 17.2 Å². The van der Waals surface area contributed by atoms with Gasteiger partial charge in [0, 0.05) is 5.56 Å². The fourth-order valence-corrected chi connectivity index (χ4v) is 2.79. The molecular weight excluding hydrogens is 276 g/mol. The first-order valence-electron chi connectivity index (χ1n) is 5.44. The zero-order chi connectivity index (χ0) is 14.0. The Morgan fingerprint density at radius 1 is 1.32 bits per heavy atom. The number of H-pyrrole nitrogens is 1. The molecule has 0 atom stereocenters. The first-order valence-corrected chi connectivity index (χ1v) is 6.93. The number of aromatic nitrogens is 2. The second-order valence-electron chi connectivity index (χ2n) is 3.78. The molecule has 0 aliphatic carbocycles. The molecule has 0 saturated heterocycles. The zero-order valence-corrected chi connectivity index (χ0v) is 10.8. The highest BCUT2D eigenvalue weighted by atomic mass is 32.2. The third-order valence-corrected chi connectivity index (χ3v) is 3.92. The predicted octanol–water partition coefficient (Wildman–Crippen LogP) is 2.05. The van der Waals surface area contributed by atoms with Gasteiger partial charge < -0.3 is 0 Å². The summed E-state index contributed by atoms with van der Waals surface area (Å²) in [7, 11) is -4.35. The number of anilines is 1. The Balaban J connectivity index is 2.44. The van der Waals surface area contributed by atoms with Crippen LogP contribution in [0.15, 0.2) is 29.3 Å². The minimum Gasteiger partial charge on any atom is -0.263 e. The molecule has 0 aliphatic rings. The normalized spacial score (nSPS) is 11.5. The minimum absolute atomic E-state index is 0.102. The standard InChI is InChI=1S/C11H11F2N3O2S/c1-2-7-6-14-15-11(7)16-19(17,18)10-8(12)4-3-5-9(10)13/h3-6H,2H2,1H3,(H2,14,15,16). The van der Waals surface area contributed by atoms with Crippen molar-refractivity contribution in [3.8, 4) is 0 Å². The van der Waals surface area contributed by atoms with Crippen molar-refractivity contribution in [2.24, 2.45) is 0 Å².